The first-order valence-corrected chi connectivity index (χ1v) is 10.8. The molecule has 0 spiro atoms. The van der Waals surface area contributed by atoms with Crippen LogP contribution in [0.15, 0.2) is 46.1 Å². The largest absolute Gasteiger partial charge is 0.380 e. The maximum absolute atomic E-state index is 12.3. The van der Waals surface area contributed by atoms with E-state index >= 15 is 0 Å². The Balaban J connectivity index is 1.60. The van der Waals surface area contributed by atoms with Crippen LogP contribution in [-0.4, -0.2) is 50.5 Å². The Morgan fingerprint density at radius 3 is 2.59 bits per heavy atom. The van der Waals surface area contributed by atoms with Crippen LogP contribution in [0.1, 0.15) is 28.0 Å². The lowest BCUT2D eigenvalue weighted by Crippen LogP contribution is -2.31. The first kappa shape index (κ1) is 21.2. The number of hydrogen-bond donors (Lipinski definition) is 3. The lowest BCUT2D eigenvalue weighted by molar-refractivity contribution is 0.0949. The van der Waals surface area contributed by atoms with Gasteiger partial charge in [-0.25, -0.2) is 13.6 Å². The molecule has 0 bridgehead atoms. The van der Waals surface area contributed by atoms with Crippen LogP contribution in [0.3, 0.4) is 0 Å². The summed E-state index contributed by atoms with van der Waals surface area (Å²) in [7, 11) is -3.76. The molecule has 1 amide bonds. The predicted octanol–water partition coefficient (Wildman–Crippen LogP) is 0.175. The molecule has 1 aromatic heterocycles. The molecule has 1 fully saturated rings. The zero-order valence-electron chi connectivity index (χ0n) is 15.9. The van der Waals surface area contributed by atoms with E-state index in [0.717, 1.165) is 31.8 Å². The molecule has 0 radical (unpaired) electrons. The predicted molar refractivity (Wildman–Crippen MR) is 107 cm³/mol. The molecular formula is C19H24N4O5S. The van der Waals surface area contributed by atoms with Crippen LogP contribution in [0.2, 0.25) is 0 Å². The maximum Gasteiger partial charge on any atom is 0.261 e. The van der Waals surface area contributed by atoms with Gasteiger partial charge in [-0.3, -0.25) is 14.5 Å². The van der Waals surface area contributed by atoms with Gasteiger partial charge in [0.05, 0.1) is 11.5 Å². The number of nitrogens with one attached hydrogen (secondary N) is 2. The Morgan fingerprint density at radius 1 is 1.14 bits per heavy atom. The van der Waals surface area contributed by atoms with Crippen molar-refractivity contribution in [3.63, 3.8) is 0 Å². The van der Waals surface area contributed by atoms with Crippen molar-refractivity contribution >= 4 is 15.9 Å². The Labute approximate surface area is 168 Å². The van der Waals surface area contributed by atoms with Gasteiger partial charge in [-0.2, -0.15) is 0 Å². The summed E-state index contributed by atoms with van der Waals surface area (Å²) < 4.78 is 27.9. The maximum atomic E-state index is 12.3. The molecule has 1 saturated heterocycles. The van der Waals surface area contributed by atoms with Gasteiger partial charge in [0.1, 0.15) is 5.56 Å². The van der Waals surface area contributed by atoms with E-state index in [0.29, 0.717) is 18.7 Å². The molecule has 156 valence electrons. The van der Waals surface area contributed by atoms with Crippen LogP contribution in [0, 0.1) is 0 Å². The van der Waals surface area contributed by atoms with E-state index in [1.807, 2.05) is 0 Å². The van der Waals surface area contributed by atoms with E-state index < -0.39 is 21.5 Å². The molecule has 3 rings (SSSR count). The molecule has 9 nitrogen and oxygen atoms in total. The number of sulfonamides is 1. The van der Waals surface area contributed by atoms with Crippen LogP contribution < -0.4 is 16.0 Å². The van der Waals surface area contributed by atoms with E-state index in [9.17, 15) is 18.0 Å². The van der Waals surface area contributed by atoms with E-state index in [2.05, 4.69) is 15.2 Å². The Bertz CT molecular complexity index is 1010. The van der Waals surface area contributed by atoms with Crippen molar-refractivity contribution in [3.8, 4) is 0 Å². The summed E-state index contributed by atoms with van der Waals surface area (Å²) in [4.78, 5) is 29.6. The second-order valence-corrected chi connectivity index (χ2v) is 8.40. The fraction of sp³-hybridized carbons (Fsp3) is 0.368. The normalized spacial score (nSPS) is 15.6. The SMILES string of the molecule is NS(=O)(=O)c1ccc(CNC(=O)c2ccc(CN3CCCOCC3)[nH]c2=O)cc1. The first-order chi connectivity index (χ1) is 13.8. The van der Waals surface area contributed by atoms with E-state index in [4.69, 9.17) is 9.88 Å². The van der Waals surface area contributed by atoms with Gasteiger partial charge in [-0.1, -0.05) is 12.1 Å². The molecule has 0 aliphatic carbocycles. The number of nitrogens with two attached hydrogens (primary N) is 1. The number of amides is 1. The number of benzene rings is 1. The number of ether oxygens (including phenoxy) is 1. The van der Waals surface area contributed by atoms with Crippen LogP contribution in [0.4, 0.5) is 0 Å². The summed E-state index contributed by atoms with van der Waals surface area (Å²) in [5, 5.41) is 7.71. The Morgan fingerprint density at radius 2 is 1.90 bits per heavy atom. The minimum atomic E-state index is -3.76. The van der Waals surface area contributed by atoms with Gasteiger partial charge in [-0.05, 0) is 36.2 Å². The minimum Gasteiger partial charge on any atom is -0.380 e. The van der Waals surface area contributed by atoms with Gasteiger partial charge >= 0.3 is 0 Å². The first-order valence-electron chi connectivity index (χ1n) is 9.25. The summed E-state index contributed by atoms with van der Waals surface area (Å²) in [5.41, 5.74) is 0.999. The van der Waals surface area contributed by atoms with Crippen molar-refractivity contribution in [2.24, 2.45) is 5.14 Å². The number of rotatable bonds is 6. The highest BCUT2D eigenvalue weighted by molar-refractivity contribution is 7.89. The number of carbonyl (C=O) groups is 1. The standard InChI is InChI=1S/C19H24N4O5S/c20-29(26,27)16-5-2-14(3-6-16)12-21-18(24)17-7-4-15(22-19(17)25)13-23-8-1-10-28-11-9-23/h2-7H,1,8-13H2,(H,21,24)(H,22,25)(H2,20,26,27). The Hall–Kier alpha value is -2.53. The average molecular weight is 420 g/mol. The average Bonchev–Trinajstić information content (AvgIpc) is 2.94. The number of H-pyrrole nitrogens is 1. The lowest BCUT2D eigenvalue weighted by atomic mass is 10.2. The number of hydrogen-bond acceptors (Lipinski definition) is 6. The monoisotopic (exact) mass is 420 g/mol. The molecule has 0 saturated carbocycles. The van der Waals surface area contributed by atoms with Crippen LogP contribution in [0.25, 0.3) is 0 Å². The third-order valence-electron chi connectivity index (χ3n) is 4.63. The smallest absolute Gasteiger partial charge is 0.261 e. The summed E-state index contributed by atoms with van der Waals surface area (Å²) in [5.74, 6) is -0.503. The fourth-order valence-corrected chi connectivity index (χ4v) is 3.57. The molecule has 10 heteroatoms. The van der Waals surface area contributed by atoms with Crippen molar-refractivity contribution in [1.29, 1.82) is 0 Å². The summed E-state index contributed by atoms with van der Waals surface area (Å²) >= 11 is 0. The van der Waals surface area contributed by atoms with Gasteiger partial charge in [0.15, 0.2) is 0 Å². The molecule has 2 aromatic rings. The van der Waals surface area contributed by atoms with E-state index in [1.54, 1.807) is 18.2 Å². The number of pyridine rings is 1. The molecule has 4 N–H and O–H groups in total. The topological polar surface area (TPSA) is 135 Å². The molecule has 1 aliphatic heterocycles. The number of aromatic amines is 1. The van der Waals surface area contributed by atoms with Gasteiger partial charge in [0.25, 0.3) is 11.5 Å². The Kier molecular flexibility index (Phi) is 6.80. The summed E-state index contributed by atoms with van der Waals surface area (Å²) in [6.45, 7) is 3.86. The van der Waals surface area contributed by atoms with Crippen molar-refractivity contribution in [1.82, 2.24) is 15.2 Å². The molecular weight excluding hydrogens is 396 g/mol. The summed E-state index contributed by atoms with van der Waals surface area (Å²) in [6.07, 6.45) is 0.947. The van der Waals surface area contributed by atoms with Gasteiger partial charge < -0.3 is 15.0 Å². The van der Waals surface area contributed by atoms with Crippen molar-refractivity contribution in [2.75, 3.05) is 26.3 Å². The molecule has 1 aliphatic rings. The van der Waals surface area contributed by atoms with Gasteiger partial charge in [0, 0.05) is 38.5 Å². The highest BCUT2D eigenvalue weighted by atomic mass is 32.2. The molecule has 0 atom stereocenters. The highest BCUT2D eigenvalue weighted by Crippen LogP contribution is 2.09. The van der Waals surface area contributed by atoms with Gasteiger partial charge in [0.2, 0.25) is 10.0 Å². The van der Waals surface area contributed by atoms with Crippen LogP contribution in [0.5, 0.6) is 0 Å². The van der Waals surface area contributed by atoms with E-state index in [-0.39, 0.29) is 17.0 Å². The third kappa shape index (κ3) is 5.97. The van der Waals surface area contributed by atoms with Crippen molar-refractivity contribution in [2.45, 2.75) is 24.4 Å². The molecule has 29 heavy (non-hydrogen) atoms. The highest BCUT2D eigenvalue weighted by Gasteiger charge is 2.14. The van der Waals surface area contributed by atoms with Crippen LogP contribution in [-0.2, 0) is 27.8 Å². The number of aromatic nitrogens is 1. The zero-order valence-corrected chi connectivity index (χ0v) is 16.7. The van der Waals surface area contributed by atoms with E-state index in [1.165, 1.54) is 18.2 Å². The minimum absolute atomic E-state index is 0.00409. The zero-order chi connectivity index (χ0) is 20.9. The molecule has 2 heterocycles. The number of nitrogens with zero attached hydrogens (tertiary/aromatic N) is 1. The van der Waals surface area contributed by atoms with Gasteiger partial charge in [-0.15, -0.1) is 0 Å². The molecule has 1 aromatic carbocycles. The molecule has 0 unspecified atom stereocenters. The van der Waals surface area contributed by atoms with Crippen molar-refractivity contribution in [3.05, 3.63) is 63.6 Å². The lowest BCUT2D eigenvalue weighted by Gasteiger charge is -2.18. The number of primary sulfonamides is 1. The second-order valence-electron chi connectivity index (χ2n) is 6.84. The van der Waals surface area contributed by atoms with Crippen LogP contribution >= 0.6 is 0 Å². The third-order valence-corrected chi connectivity index (χ3v) is 5.56. The van der Waals surface area contributed by atoms with Crippen molar-refractivity contribution < 1.29 is 17.9 Å². The quantitative estimate of drug-likeness (QED) is 0.610. The number of carbonyl (C=O) groups excluding carboxylic acids is 1. The fourth-order valence-electron chi connectivity index (χ4n) is 3.06. The second kappa shape index (κ2) is 9.31. The summed E-state index contributed by atoms with van der Waals surface area (Å²) in [6, 6.07) is 9.10.